The summed E-state index contributed by atoms with van der Waals surface area (Å²) in [5.41, 5.74) is 1.28. The predicted octanol–water partition coefficient (Wildman–Crippen LogP) is 2.54. The normalized spacial score (nSPS) is 15.6. The van der Waals surface area contributed by atoms with Crippen molar-refractivity contribution in [2.45, 2.75) is 34.1 Å². The third kappa shape index (κ3) is 2.56. The SMILES string of the molecule is CCc1nc(N2CCN(C(C)=O)CC2)c2c(C)c(C)sc2n1. The number of piperazine rings is 1. The van der Waals surface area contributed by atoms with Crippen molar-refractivity contribution in [3.63, 3.8) is 0 Å². The van der Waals surface area contributed by atoms with Crippen molar-refractivity contribution in [2.75, 3.05) is 31.1 Å². The molecule has 1 aliphatic rings. The molecule has 22 heavy (non-hydrogen) atoms. The van der Waals surface area contributed by atoms with E-state index in [2.05, 4.69) is 25.7 Å². The first-order chi connectivity index (χ1) is 10.5. The average molecular weight is 318 g/mol. The number of thiophene rings is 1. The van der Waals surface area contributed by atoms with Gasteiger partial charge in [0.05, 0.1) is 5.39 Å². The fraction of sp³-hybridized carbons (Fsp3) is 0.562. The zero-order valence-corrected chi connectivity index (χ0v) is 14.5. The molecular weight excluding hydrogens is 296 g/mol. The second-order valence-corrected chi connectivity index (χ2v) is 6.98. The Bertz CT molecular complexity index is 716. The van der Waals surface area contributed by atoms with Crippen molar-refractivity contribution in [3.8, 4) is 0 Å². The van der Waals surface area contributed by atoms with Gasteiger partial charge in [-0.15, -0.1) is 11.3 Å². The third-order valence-electron chi connectivity index (χ3n) is 4.40. The van der Waals surface area contributed by atoms with E-state index in [1.807, 2.05) is 4.90 Å². The van der Waals surface area contributed by atoms with Crippen molar-refractivity contribution < 1.29 is 4.79 Å². The van der Waals surface area contributed by atoms with Crippen LogP contribution in [-0.4, -0.2) is 47.0 Å². The molecule has 0 spiro atoms. The molecule has 3 rings (SSSR count). The second kappa shape index (κ2) is 5.83. The van der Waals surface area contributed by atoms with Crippen molar-refractivity contribution >= 4 is 33.3 Å². The lowest BCUT2D eigenvalue weighted by molar-refractivity contribution is -0.129. The maximum absolute atomic E-state index is 11.5. The fourth-order valence-electron chi connectivity index (χ4n) is 2.89. The average Bonchev–Trinajstić information content (AvgIpc) is 2.81. The standard InChI is InChI=1S/C16H22N4OS/c1-5-13-17-15(14-10(2)11(3)22-16(14)18-13)20-8-6-19(7-9-20)12(4)21/h5-9H2,1-4H3. The number of rotatable bonds is 2. The van der Waals surface area contributed by atoms with Crippen LogP contribution in [0.4, 0.5) is 5.82 Å². The van der Waals surface area contributed by atoms with Gasteiger partial charge in [-0.1, -0.05) is 6.92 Å². The summed E-state index contributed by atoms with van der Waals surface area (Å²) in [5, 5.41) is 1.19. The van der Waals surface area contributed by atoms with Gasteiger partial charge in [0, 0.05) is 44.4 Å². The summed E-state index contributed by atoms with van der Waals surface area (Å²) in [6.45, 7) is 11.2. The Kier molecular flexibility index (Phi) is 4.04. The summed E-state index contributed by atoms with van der Waals surface area (Å²) in [6.07, 6.45) is 0.840. The van der Waals surface area contributed by atoms with Crippen molar-refractivity contribution in [2.24, 2.45) is 0 Å². The summed E-state index contributed by atoms with van der Waals surface area (Å²) < 4.78 is 0. The van der Waals surface area contributed by atoms with Gasteiger partial charge in [-0.2, -0.15) is 0 Å². The van der Waals surface area contributed by atoms with Gasteiger partial charge in [-0.3, -0.25) is 4.79 Å². The second-order valence-electron chi connectivity index (χ2n) is 5.77. The zero-order chi connectivity index (χ0) is 15.9. The van der Waals surface area contributed by atoms with Gasteiger partial charge in [0.15, 0.2) is 0 Å². The van der Waals surface area contributed by atoms with E-state index in [1.165, 1.54) is 15.8 Å². The summed E-state index contributed by atoms with van der Waals surface area (Å²) in [4.78, 5) is 27.6. The van der Waals surface area contributed by atoms with Crippen molar-refractivity contribution in [3.05, 3.63) is 16.3 Å². The van der Waals surface area contributed by atoms with Crippen molar-refractivity contribution in [1.29, 1.82) is 0 Å². The Labute approximate surface area is 135 Å². The van der Waals surface area contributed by atoms with Crippen LogP contribution in [-0.2, 0) is 11.2 Å². The number of fused-ring (bicyclic) bond motifs is 1. The van der Waals surface area contributed by atoms with E-state index >= 15 is 0 Å². The maximum Gasteiger partial charge on any atom is 0.219 e. The molecule has 5 nitrogen and oxygen atoms in total. The minimum absolute atomic E-state index is 0.157. The molecular formula is C16H22N4OS. The van der Waals surface area contributed by atoms with Gasteiger partial charge in [-0.05, 0) is 19.4 Å². The molecule has 1 aliphatic heterocycles. The van der Waals surface area contributed by atoms with Crippen LogP contribution in [0.5, 0.6) is 0 Å². The molecule has 1 amide bonds. The lowest BCUT2D eigenvalue weighted by Crippen LogP contribution is -2.48. The molecule has 0 N–H and O–H groups in total. The van der Waals surface area contributed by atoms with Gasteiger partial charge in [0.2, 0.25) is 5.91 Å². The first-order valence-electron chi connectivity index (χ1n) is 7.78. The quantitative estimate of drug-likeness (QED) is 0.854. The number of aryl methyl sites for hydroxylation is 3. The number of carbonyl (C=O) groups excluding carboxylic acids is 1. The molecule has 0 bridgehead atoms. The van der Waals surface area contributed by atoms with Crippen LogP contribution in [0, 0.1) is 13.8 Å². The van der Waals surface area contributed by atoms with Crippen LogP contribution in [0.2, 0.25) is 0 Å². The van der Waals surface area contributed by atoms with E-state index in [9.17, 15) is 4.79 Å². The number of carbonyl (C=O) groups is 1. The minimum atomic E-state index is 0.157. The van der Waals surface area contributed by atoms with Gasteiger partial charge in [0.1, 0.15) is 16.5 Å². The molecule has 2 aromatic heterocycles. The van der Waals surface area contributed by atoms with E-state index < -0.39 is 0 Å². The number of anilines is 1. The third-order valence-corrected chi connectivity index (χ3v) is 5.50. The number of aromatic nitrogens is 2. The minimum Gasteiger partial charge on any atom is -0.352 e. The Hall–Kier alpha value is -1.69. The van der Waals surface area contributed by atoms with Gasteiger partial charge in [-0.25, -0.2) is 9.97 Å². The van der Waals surface area contributed by atoms with Crippen LogP contribution in [0.15, 0.2) is 0 Å². The van der Waals surface area contributed by atoms with Gasteiger partial charge >= 0.3 is 0 Å². The molecule has 2 aromatic rings. The number of nitrogens with zero attached hydrogens (tertiary/aromatic N) is 4. The Balaban J connectivity index is 2.01. The van der Waals surface area contributed by atoms with Crippen LogP contribution in [0.25, 0.3) is 10.2 Å². The van der Waals surface area contributed by atoms with E-state index in [0.29, 0.717) is 0 Å². The highest BCUT2D eigenvalue weighted by Gasteiger charge is 2.23. The molecule has 118 valence electrons. The molecule has 0 unspecified atom stereocenters. The highest BCUT2D eigenvalue weighted by molar-refractivity contribution is 7.18. The Morgan fingerprint density at radius 3 is 2.45 bits per heavy atom. The van der Waals surface area contributed by atoms with Crippen LogP contribution in [0.3, 0.4) is 0 Å². The number of amides is 1. The summed E-state index contributed by atoms with van der Waals surface area (Å²) in [6, 6.07) is 0. The Morgan fingerprint density at radius 2 is 1.86 bits per heavy atom. The molecule has 1 fully saturated rings. The molecule has 1 saturated heterocycles. The molecule has 0 atom stereocenters. The summed E-state index contributed by atoms with van der Waals surface area (Å²) >= 11 is 1.75. The molecule has 0 saturated carbocycles. The first-order valence-corrected chi connectivity index (χ1v) is 8.60. The highest BCUT2D eigenvalue weighted by atomic mass is 32.1. The van der Waals surface area contributed by atoms with E-state index in [0.717, 1.165) is 49.1 Å². The molecule has 6 heteroatoms. The van der Waals surface area contributed by atoms with E-state index in [4.69, 9.17) is 9.97 Å². The monoisotopic (exact) mass is 318 g/mol. The zero-order valence-electron chi connectivity index (χ0n) is 13.6. The number of hydrogen-bond donors (Lipinski definition) is 0. The molecule has 0 aromatic carbocycles. The van der Waals surface area contributed by atoms with Crippen molar-refractivity contribution in [1.82, 2.24) is 14.9 Å². The number of hydrogen-bond acceptors (Lipinski definition) is 5. The maximum atomic E-state index is 11.5. The smallest absolute Gasteiger partial charge is 0.219 e. The lowest BCUT2D eigenvalue weighted by Gasteiger charge is -2.35. The van der Waals surface area contributed by atoms with Crippen LogP contribution in [0.1, 0.15) is 30.1 Å². The molecule has 3 heterocycles. The van der Waals surface area contributed by atoms with Crippen LogP contribution >= 0.6 is 11.3 Å². The Morgan fingerprint density at radius 1 is 1.18 bits per heavy atom. The predicted molar refractivity (Wildman–Crippen MR) is 90.7 cm³/mol. The first kappa shape index (κ1) is 15.2. The molecule has 0 aliphatic carbocycles. The largest absolute Gasteiger partial charge is 0.352 e. The summed E-state index contributed by atoms with van der Waals surface area (Å²) in [7, 11) is 0. The molecule has 0 radical (unpaired) electrons. The van der Waals surface area contributed by atoms with Gasteiger partial charge in [0.25, 0.3) is 0 Å². The highest BCUT2D eigenvalue weighted by Crippen LogP contribution is 2.35. The van der Waals surface area contributed by atoms with Gasteiger partial charge < -0.3 is 9.80 Å². The van der Waals surface area contributed by atoms with E-state index in [-0.39, 0.29) is 5.91 Å². The lowest BCUT2D eigenvalue weighted by atomic mass is 10.2. The van der Waals surface area contributed by atoms with E-state index in [1.54, 1.807) is 18.3 Å². The van der Waals surface area contributed by atoms with Crippen LogP contribution < -0.4 is 4.90 Å². The fourth-order valence-corrected chi connectivity index (χ4v) is 3.93. The summed E-state index contributed by atoms with van der Waals surface area (Å²) in [5.74, 6) is 2.11. The topological polar surface area (TPSA) is 49.3 Å².